The molecule has 0 atom stereocenters. The Bertz CT molecular complexity index is 473. The van der Waals surface area contributed by atoms with Gasteiger partial charge in [-0.05, 0) is 30.7 Å². The van der Waals surface area contributed by atoms with Crippen molar-refractivity contribution < 1.29 is 18.3 Å². The first kappa shape index (κ1) is 13.8. The van der Waals surface area contributed by atoms with Gasteiger partial charge in [0.1, 0.15) is 5.75 Å². The van der Waals surface area contributed by atoms with Crippen molar-refractivity contribution in [2.45, 2.75) is 6.92 Å². The van der Waals surface area contributed by atoms with E-state index in [0.717, 1.165) is 0 Å². The quantitative estimate of drug-likeness (QED) is 0.516. The standard InChI is InChI=1S/C10H16N2O4S/c1-8-7-9(3-4-10(8)13)12-17(14,15)11-5-6-16-2/h3-4,7,11-13H,5-6H2,1-2H3. The highest BCUT2D eigenvalue weighted by atomic mass is 32.2. The SMILES string of the molecule is COCCNS(=O)(=O)Nc1ccc(O)c(C)c1. The van der Waals surface area contributed by atoms with Gasteiger partial charge in [-0.15, -0.1) is 0 Å². The summed E-state index contributed by atoms with van der Waals surface area (Å²) < 4.78 is 32.5. The summed E-state index contributed by atoms with van der Waals surface area (Å²) in [6, 6.07) is 4.46. The maximum absolute atomic E-state index is 11.5. The summed E-state index contributed by atoms with van der Waals surface area (Å²) in [5, 5.41) is 9.31. The van der Waals surface area contributed by atoms with Crippen LogP contribution < -0.4 is 9.44 Å². The third-order valence-corrected chi connectivity index (χ3v) is 3.14. The number of methoxy groups -OCH3 is 1. The normalized spacial score (nSPS) is 11.4. The molecule has 0 aromatic heterocycles. The lowest BCUT2D eigenvalue weighted by Crippen LogP contribution is -2.32. The van der Waals surface area contributed by atoms with E-state index in [-0.39, 0.29) is 12.3 Å². The fourth-order valence-corrected chi connectivity index (χ4v) is 2.05. The number of rotatable bonds is 6. The average molecular weight is 260 g/mol. The van der Waals surface area contributed by atoms with E-state index < -0.39 is 10.2 Å². The molecule has 7 heteroatoms. The van der Waals surface area contributed by atoms with Gasteiger partial charge in [0.05, 0.1) is 12.3 Å². The van der Waals surface area contributed by atoms with Crippen LogP contribution in [-0.2, 0) is 14.9 Å². The van der Waals surface area contributed by atoms with Crippen molar-refractivity contribution in [1.82, 2.24) is 4.72 Å². The maximum Gasteiger partial charge on any atom is 0.299 e. The lowest BCUT2D eigenvalue weighted by atomic mass is 10.2. The zero-order chi connectivity index (χ0) is 12.9. The molecule has 0 saturated heterocycles. The monoisotopic (exact) mass is 260 g/mol. The molecule has 0 radical (unpaired) electrons. The van der Waals surface area contributed by atoms with Crippen molar-refractivity contribution in [2.75, 3.05) is 25.0 Å². The summed E-state index contributed by atoms with van der Waals surface area (Å²) >= 11 is 0. The first-order valence-electron chi connectivity index (χ1n) is 5.00. The molecule has 6 nitrogen and oxygen atoms in total. The summed E-state index contributed by atoms with van der Waals surface area (Å²) in [6.45, 7) is 2.18. The second kappa shape index (κ2) is 5.85. The summed E-state index contributed by atoms with van der Waals surface area (Å²) in [4.78, 5) is 0. The fraction of sp³-hybridized carbons (Fsp3) is 0.400. The third-order valence-electron chi connectivity index (χ3n) is 2.05. The van der Waals surface area contributed by atoms with Crippen molar-refractivity contribution in [3.63, 3.8) is 0 Å². The maximum atomic E-state index is 11.5. The molecule has 0 aliphatic rings. The van der Waals surface area contributed by atoms with Crippen LogP contribution in [0.15, 0.2) is 18.2 Å². The molecular weight excluding hydrogens is 244 g/mol. The zero-order valence-corrected chi connectivity index (χ0v) is 10.5. The summed E-state index contributed by atoms with van der Waals surface area (Å²) in [5.41, 5.74) is 0.993. The number of phenolic OH excluding ortho intramolecular Hbond substituents is 1. The second-order valence-electron chi connectivity index (χ2n) is 3.49. The Morgan fingerprint density at radius 2 is 2.12 bits per heavy atom. The minimum atomic E-state index is -3.60. The van der Waals surface area contributed by atoms with E-state index in [4.69, 9.17) is 4.74 Å². The predicted octanol–water partition coefficient (Wildman–Crippen LogP) is 0.593. The minimum Gasteiger partial charge on any atom is -0.508 e. The van der Waals surface area contributed by atoms with Crippen molar-refractivity contribution in [2.24, 2.45) is 0 Å². The molecular formula is C10H16N2O4S. The lowest BCUT2D eigenvalue weighted by molar-refractivity contribution is 0.204. The molecule has 17 heavy (non-hydrogen) atoms. The fourth-order valence-electron chi connectivity index (χ4n) is 1.19. The van der Waals surface area contributed by atoms with E-state index in [0.29, 0.717) is 17.9 Å². The Labute approximate surface area is 101 Å². The van der Waals surface area contributed by atoms with Gasteiger partial charge in [0.25, 0.3) is 10.2 Å². The molecule has 0 bridgehead atoms. The van der Waals surface area contributed by atoms with Crippen LogP contribution in [0.1, 0.15) is 5.56 Å². The van der Waals surface area contributed by atoms with E-state index >= 15 is 0 Å². The number of phenols is 1. The van der Waals surface area contributed by atoms with E-state index in [2.05, 4.69) is 9.44 Å². The van der Waals surface area contributed by atoms with Gasteiger partial charge in [0.2, 0.25) is 0 Å². The number of ether oxygens (including phenoxy) is 1. The Balaban J connectivity index is 2.66. The molecule has 0 spiro atoms. The highest BCUT2D eigenvalue weighted by Crippen LogP contribution is 2.20. The minimum absolute atomic E-state index is 0.125. The van der Waals surface area contributed by atoms with Crippen molar-refractivity contribution in [3.8, 4) is 5.75 Å². The molecule has 0 fully saturated rings. The van der Waals surface area contributed by atoms with Gasteiger partial charge in [0.15, 0.2) is 0 Å². The predicted molar refractivity (Wildman–Crippen MR) is 65.3 cm³/mol. The number of aromatic hydroxyl groups is 1. The van der Waals surface area contributed by atoms with Gasteiger partial charge in [-0.3, -0.25) is 4.72 Å². The number of benzene rings is 1. The van der Waals surface area contributed by atoms with E-state index in [1.807, 2.05) is 0 Å². The number of hydrogen-bond donors (Lipinski definition) is 3. The van der Waals surface area contributed by atoms with Gasteiger partial charge < -0.3 is 9.84 Å². The van der Waals surface area contributed by atoms with E-state index in [1.54, 1.807) is 13.0 Å². The molecule has 1 aromatic rings. The molecule has 1 rings (SSSR count). The number of nitrogens with one attached hydrogen (secondary N) is 2. The molecule has 0 saturated carbocycles. The topological polar surface area (TPSA) is 87.7 Å². The molecule has 0 amide bonds. The molecule has 96 valence electrons. The van der Waals surface area contributed by atoms with Gasteiger partial charge in [-0.1, -0.05) is 0 Å². The largest absolute Gasteiger partial charge is 0.508 e. The molecule has 0 aliphatic heterocycles. The first-order valence-corrected chi connectivity index (χ1v) is 6.49. The number of hydrogen-bond acceptors (Lipinski definition) is 4. The Hall–Kier alpha value is -1.31. The second-order valence-corrected chi connectivity index (χ2v) is 4.99. The van der Waals surface area contributed by atoms with Crippen LogP contribution in [0.25, 0.3) is 0 Å². The average Bonchev–Trinajstić information content (AvgIpc) is 2.23. The molecule has 0 heterocycles. The van der Waals surface area contributed by atoms with Crippen LogP contribution in [0.5, 0.6) is 5.75 Å². The summed E-state index contributed by atoms with van der Waals surface area (Å²) in [7, 11) is -2.11. The number of anilines is 1. The van der Waals surface area contributed by atoms with Crippen LogP contribution in [0.4, 0.5) is 5.69 Å². The van der Waals surface area contributed by atoms with Crippen molar-refractivity contribution in [3.05, 3.63) is 23.8 Å². The van der Waals surface area contributed by atoms with Gasteiger partial charge in [0, 0.05) is 13.7 Å². The van der Waals surface area contributed by atoms with Crippen molar-refractivity contribution in [1.29, 1.82) is 0 Å². The Kier molecular flexibility index (Phi) is 4.73. The smallest absolute Gasteiger partial charge is 0.299 e. The van der Waals surface area contributed by atoms with E-state index in [9.17, 15) is 13.5 Å². The summed E-state index contributed by atoms with van der Waals surface area (Å²) in [6.07, 6.45) is 0. The molecule has 1 aromatic carbocycles. The van der Waals surface area contributed by atoms with Crippen LogP contribution >= 0.6 is 0 Å². The summed E-state index contributed by atoms with van der Waals surface area (Å²) in [5.74, 6) is 0.125. The molecule has 3 N–H and O–H groups in total. The van der Waals surface area contributed by atoms with E-state index in [1.165, 1.54) is 19.2 Å². The van der Waals surface area contributed by atoms with Crippen LogP contribution in [0.3, 0.4) is 0 Å². The van der Waals surface area contributed by atoms with Crippen LogP contribution in [-0.4, -0.2) is 33.8 Å². The first-order chi connectivity index (χ1) is 7.94. The molecule has 0 aliphatic carbocycles. The van der Waals surface area contributed by atoms with Gasteiger partial charge in [-0.25, -0.2) is 0 Å². The Morgan fingerprint density at radius 1 is 1.41 bits per heavy atom. The van der Waals surface area contributed by atoms with Gasteiger partial charge in [-0.2, -0.15) is 13.1 Å². The third kappa shape index (κ3) is 4.59. The number of aryl methyl sites for hydroxylation is 1. The zero-order valence-electron chi connectivity index (χ0n) is 9.73. The lowest BCUT2D eigenvalue weighted by Gasteiger charge is -2.10. The van der Waals surface area contributed by atoms with Crippen LogP contribution in [0.2, 0.25) is 0 Å². The highest BCUT2D eigenvalue weighted by molar-refractivity contribution is 7.90. The Morgan fingerprint density at radius 3 is 2.71 bits per heavy atom. The van der Waals surface area contributed by atoms with Crippen molar-refractivity contribution >= 4 is 15.9 Å². The molecule has 0 unspecified atom stereocenters. The highest BCUT2D eigenvalue weighted by Gasteiger charge is 2.09. The van der Waals surface area contributed by atoms with Gasteiger partial charge >= 0.3 is 0 Å². The van der Waals surface area contributed by atoms with Crippen LogP contribution in [0, 0.1) is 6.92 Å².